The van der Waals surface area contributed by atoms with E-state index in [2.05, 4.69) is 28.6 Å². The van der Waals surface area contributed by atoms with E-state index in [-0.39, 0.29) is 24.0 Å². The molecule has 0 atom stereocenters. The van der Waals surface area contributed by atoms with Gasteiger partial charge in [0.15, 0.2) is 5.96 Å². The number of guanidine groups is 1. The largest absolute Gasteiger partial charge is 0.496 e. The number of methoxy groups -OCH3 is 1. The number of benzene rings is 1. The second-order valence-electron chi connectivity index (χ2n) is 7.05. The van der Waals surface area contributed by atoms with Gasteiger partial charge in [0, 0.05) is 33.2 Å². The smallest absolute Gasteiger partial charge is 0.211 e. The van der Waals surface area contributed by atoms with E-state index in [0.717, 1.165) is 44.1 Å². The number of ether oxygens (including phenoxy) is 1. The topological polar surface area (TPSA) is 83.0 Å². The van der Waals surface area contributed by atoms with Crippen molar-refractivity contribution in [2.45, 2.75) is 26.2 Å². The lowest BCUT2D eigenvalue weighted by molar-refractivity contribution is 0.275. The van der Waals surface area contributed by atoms with Gasteiger partial charge >= 0.3 is 0 Å². The fourth-order valence-electron chi connectivity index (χ4n) is 3.32. The van der Waals surface area contributed by atoms with Crippen LogP contribution >= 0.6 is 24.0 Å². The van der Waals surface area contributed by atoms with E-state index in [0.29, 0.717) is 19.0 Å². The van der Waals surface area contributed by atoms with Gasteiger partial charge in [0.05, 0.1) is 13.4 Å². The van der Waals surface area contributed by atoms with Crippen molar-refractivity contribution in [3.63, 3.8) is 0 Å². The molecule has 0 saturated carbocycles. The van der Waals surface area contributed by atoms with Crippen molar-refractivity contribution in [1.29, 1.82) is 0 Å². The quantitative estimate of drug-likeness (QED) is 0.324. The Morgan fingerprint density at radius 1 is 1.29 bits per heavy atom. The normalized spacial score (nSPS) is 16.4. The number of aliphatic imine (C=N–C) groups is 1. The Hall–Kier alpha value is -1.07. The number of piperidine rings is 1. The molecule has 1 aliphatic rings. The summed E-state index contributed by atoms with van der Waals surface area (Å²) in [7, 11) is 0.384. The third kappa shape index (κ3) is 7.75. The second kappa shape index (κ2) is 11.8. The van der Waals surface area contributed by atoms with Crippen LogP contribution in [0.25, 0.3) is 0 Å². The van der Waals surface area contributed by atoms with E-state index in [9.17, 15) is 8.42 Å². The highest BCUT2D eigenvalue weighted by Crippen LogP contribution is 2.20. The predicted octanol–water partition coefficient (Wildman–Crippen LogP) is 2.00. The van der Waals surface area contributed by atoms with Crippen molar-refractivity contribution in [1.82, 2.24) is 14.9 Å². The lowest BCUT2D eigenvalue weighted by Crippen LogP contribution is -2.44. The highest BCUT2D eigenvalue weighted by atomic mass is 127. The summed E-state index contributed by atoms with van der Waals surface area (Å²) in [5, 5.41) is 6.70. The first-order valence-electron chi connectivity index (χ1n) is 9.36. The molecule has 0 bridgehead atoms. The summed E-state index contributed by atoms with van der Waals surface area (Å²) in [4.78, 5) is 4.27. The minimum atomic E-state index is -3.07. The Labute approximate surface area is 186 Å². The van der Waals surface area contributed by atoms with Gasteiger partial charge in [-0.2, -0.15) is 0 Å². The van der Waals surface area contributed by atoms with Gasteiger partial charge in [0.2, 0.25) is 10.0 Å². The summed E-state index contributed by atoms with van der Waals surface area (Å²) >= 11 is 0. The van der Waals surface area contributed by atoms with Crippen LogP contribution in [-0.4, -0.2) is 65.3 Å². The maximum atomic E-state index is 11.6. The zero-order valence-electron chi connectivity index (χ0n) is 17.2. The number of sulfonamides is 1. The van der Waals surface area contributed by atoms with Crippen LogP contribution in [0.3, 0.4) is 0 Å². The van der Waals surface area contributed by atoms with Gasteiger partial charge in [-0.1, -0.05) is 17.7 Å². The van der Waals surface area contributed by atoms with Crippen LogP contribution in [0.2, 0.25) is 0 Å². The number of halogens is 1. The van der Waals surface area contributed by atoms with Gasteiger partial charge in [0.25, 0.3) is 0 Å². The molecule has 0 aliphatic carbocycles. The maximum Gasteiger partial charge on any atom is 0.211 e. The van der Waals surface area contributed by atoms with E-state index < -0.39 is 10.0 Å². The fourth-order valence-corrected chi connectivity index (χ4v) is 4.20. The van der Waals surface area contributed by atoms with Crippen molar-refractivity contribution in [2.75, 3.05) is 46.6 Å². The Morgan fingerprint density at radius 2 is 1.96 bits per heavy atom. The van der Waals surface area contributed by atoms with Gasteiger partial charge in [0.1, 0.15) is 5.75 Å². The molecule has 0 unspecified atom stereocenters. The monoisotopic (exact) mass is 524 g/mol. The average molecular weight is 524 g/mol. The highest BCUT2D eigenvalue weighted by Gasteiger charge is 2.24. The van der Waals surface area contributed by atoms with Crippen LogP contribution in [0.1, 0.15) is 24.0 Å². The number of rotatable bonds is 7. The minimum absolute atomic E-state index is 0. The van der Waals surface area contributed by atoms with Gasteiger partial charge in [-0.15, -0.1) is 24.0 Å². The molecule has 2 N–H and O–H groups in total. The van der Waals surface area contributed by atoms with Crippen LogP contribution in [0.4, 0.5) is 0 Å². The molecule has 7 nitrogen and oxygen atoms in total. The van der Waals surface area contributed by atoms with Crippen LogP contribution in [0, 0.1) is 12.8 Å². The summed E-state index contributed by atoms with van der Waals surface area (Å²) < 4.78 is 30.1. The summed E-state index contributed by atoms with van der Waals surface area (Å²) in [5.41, 5.74) is 2.39. The Morgan fingerprint density at radius 3 is 2.54 bits per heavy atom. The second-order valence-corrected chi connectivity index (χ2v) is 9.03. The first kappa shape index (κ1) is 25.0. The van der Waals surface area contributed by atoms with Crippen LogP contribution < -0.4 is 15.4 Å². The molecule has 0 amide bonds. The van der Waals surface area contributed by atoms with Crippen LogP contribution in [0.15, 0.2) is 23.2 Å². The molecule has 0 aromatic heterocycles. The molecule has 160 valence electrons. The van der Waals surface area contributed by atoms with Crippen molar-refractivity contribution >= 4 is 40.0 Å². The number of aryl methyl sites for hydroxylation is 1. The molecular formula is C19H33IN4O3S. The molecule has 1 heterocycles. The third-order valence-corrected chi connectivity index (χ3v) is 6.25. The van der Waals surface area contributed by atoms with Gasteiger partial charge in [-0.25, -0.2) is 12.7 Å². The van der Waals surface area contributed by atoms with Gasteiger partial charge < -0.3 is 15.4 Å². The molecule has 1 fully saturated rings. The fraction of sp³-hybridized carbons (Fsp3) is 0.632. The van der Waals surface area contributed by atoms with E-state index in [1.54, 1.807) is 18.5 Å². The van der Waals surface area contributed by atoms with E-state index >= 15 is 0 Å². The molecule has 9 heteroatoms. The third-order valence-electron chi connectivity index (χ3n) is 4.95. The van der Waals surface area contributed by atoms with E-state index in [4.69, 9.17) is 4.74 Å². The predicted molar refractivity (Wildman–Crippen MR) is 125 cm³/mol. The molecule has 1 saturated heterocycles. The molecule has 2 rings (SSSR count). The maximum absolute atomic E-state index is 11.6. The highest BCUT2D eigenvalue weighted by molar-refractivity contribution is 14.0. The molecular weight excluding hydrogens is 491 g/mol. The van der Waals surface area contributed by atoms with Gasteiger partial charge in [-0.3, -0.25) is 4.99 Å². The van der Waals surface area contributed by atoms with Gasteiger partial charge in [-0.05, 0) is 43.7 Å². The summed E-state index contributed by atoms with van der Waals surface area (Å²) in [5.74, 6) is 2.13. The summed E-state index contributed by atoms with van der Waals surface area (Å²) in [6.45, 7) is 4.83. The molecule has 0 spiro atoms. The molecule has 1 aliphatic heterocycles. The van der Waals surface area contributed by atoms with Crippen LogP contribution in [0.5, 0.6) is 5.75 Å². The number of nitrogens with zero attached hydrogens (tertiary/aromatic N) is 2. The van der Waals surface area contributed by atoms with Crippen molar-refractivity contribution < 1.29 is 13.2 Å². The van der Waals surface area contributed by atoms with E-state index in [1.807, 2.05) is 12.1 Å². The minimum Gasteiger partial charge on any atom is -0.496 e. The van der Waals surface area contributed by atoms with Crippen molar-refractivity contribution in [3.05, 3.63) is 29.3 Å². The Balaban J connectivity index is 0.00000392. The first-order valence-corrected chi connectivity index (χ1v) is 11.2. The number of hydrogen-bond donors (Lipinski definition) is 2. The Bertz CT molecular complexity index is 748. The first-order chi connectivity index (χ1) is 12.8. The lowest BCUT2D eigenvalue weighted by atomic mass is 9.98. The number of hydrogen-bond acceptors (Lipinski definition) is 4. The van der Waals surface area contributed by atoms with Crippen molar-refractivity contribution in [3.8, 4) is 5.75 Å². The molecule has 1 aromatic rings. The summed E-state index contributed by atoms with van der Waals surface area (Å²) in [6.07, 6.45) is 3.87. The standard InChI is InChI=1S/C19H32N4O3S.HI/c1-15-5-6-18(26-3)17(13-15)7-10-21-19(20-2)22-14-16-8-11-23(12-9-16)27(4,24)25;/h5-6,13,16H,7-12,14H2,1-4H3,(H2,20,21,22);1H. The Kier molecular flexibility index (Phi) is 10.5. The summed E-state index contributed by atoms with van der Waals surface area (Å²) in [6, 6.07) is 6.19. The number of nitrogens with one attached hydrogen (secondary N) is 2. The average Bonchev–Trinajstić information content (AvgIpc) is 2.64. The van der Waals surface area contributed by atoms with Crippen molar-refractivity contribution in [2.24, 2.45) is 10.9 Å². The lowest BCUT2D eigenvalue weighted by Gasteiger charge is -2.30. The zero-order chi connectivity index (χ0) is 19.9. The zero-order valence-corrected chi connectivity index (χ0v) is 20.3. The molecule has 1 aromatic carbocycles. The SMILES string of the molecule is CN=C(NCCc1cc(C)ccc1OC)NCC1CCN(S(C)(=O)=O)CC1.I. The van der Waals surface area contributed by atoms with Crippen LogP contribution in [-0.2, 0) is 16.4 Å². The molecule has 28 heavy (non-hydrogen) atoms. The molecule has 0 radical (unpaired) electrons. The van der Waals surface area contributed by atoms with E-state index in [1.165, 1.54) is 17.4 Å².